The van der Waals surface area contributed by atoms with Crippen LogP contribution in [0.15, 0.2) is 24.5 Å². The maximum atomic E-state index is 10.0. The maximum Gasteiger partial charge on any atom is 0.213 e. The topological polar surface area (TPSA) is 87.5 Å². The molecule has 2 rings (SSSR count). The Bertz CT molecular complexity index is 585. The summed E-state index contributed by atoms with van der Waals surface area (Å²) in [5, 5.41) is 22.5. The highest BCUT2D eigenvalue weighted by Gasteiger charge is 2.11. The van der Waals surface area contributed by atoms with Gasteiger partial charge in [0.1, 0.15) is 5.75 Å². The van der Waals surface area contributed by atoms with E-state index in [0.29, 0.717) is 29.2 Å². The van der Waals surface area contributed by atoms with Crippen molar-refractivity contribution in [2.24, 2.45) is 0 Å². The molecule has 0 amide bonds. The van der Waals surface area contributed by atoms with Crippen LogP contribution in [0.3, 0.4) is 0 Å². The van der Waals surface area contributed by atoms with Crippen LogP contribution in [0.25, 0.3) is 0 Å². The smallest absolute Gasteiger partial charge is 0.213 e. The summed E-state index contributed by atoms with van der Waals surface area (Å²) in [6.07, 6.45) is 3.21. The fourth-order valence-electron chi connectivity index (χ4n) is 1.81. The van der Waals surface area contributed by atoms with Crippen LogP contribution in [-0.2, 0) is 13.2 Å². The van der Waals surface area contributed by atoms with Gasteiger partial charge >= 0.3 is 0 Å². The van der Waals surface area contributed by atoms with Crippen LogP contribution in [0.5, 0.6) is 11.6 Å². The first-order valence-electron chi connectivity index (χ1n) is 6.16. The number of rotatable bonds is 5. The van der Waals surface area contributed by atoms with E-state index < -0.39 is 0 Å². The molecule has 0 fully saturated rings. The Hall–Kier alpha value is -2.34. The minimum absolute atomic E-state index is 0.102. The van der Waals surface area contributed by atoms with E-state index in [4.69, 9.17) is 4.74 Å². The second-order valence-corrected chi connectivity index (χ2v) is 4.30. The van der Waals surface area contributed by atoms with Crippen molar-refractivity contribution >= 4 is 5.69 Å². The number of methoxy groups -OCH3 is 1. The SMILES string of the molecule is COc1ccc(NCc2c(CO)cnc(C)c2O)cn1. The van der Waals surface area contributed by atoms with Gasteiger partial charge in [0.15, 0.2) is 0 Å². The number of anilines is 1. The Morgan fingerprint density at radius 1 is 1.25 bits per heavy atom. The van der Waals surface area contributed by atoms with Gasteiger partial charge in [-0.3, -0.25) is 4.98 Å². The number of aryl methyl sites for hydroxylation is 1. The van der Waals surface area contributed by atoms with Crippen molar-refractivity contribution in [1.82, 2.24) is 9.97 Å². The van der Waals surface area contributed by atoms with Crippen molar-refractivity contribution in [1.29, 1.82) is 0 Å². The second-order valence-electron chi connectivity index (χ2n) is 4.30. The number of aromatic hydroxyl groups is 1. The summed E-state index contributed by atoms with van der Waals surface area (Å²) >= 11 is 0. The molecule has 6 heteroatoms. The van der Waals surface area contributed by atoms with Crippen LogP contribution >= 0.6 is 0 Å². The lowest BCUT2D eigenvalue weighted by Crippen LogP contribution is -2.05. The summed E-state index contributed by atoms with van der Waals surface area (Å²) < 4.78 is 4.98. The van der Waals surface area contributed by atoms with Crippen LogP contribution in [0, 0.1) is 6.92 Å². The average Bonchev–Trinajstić information content (AvgIpc) is 2.49. The average molecular weight is 275 g/mol. The summed E-state index contributed by atoms with van der Waals surface area (Å²) in [6, 6.07) is 3.57. The Morgan fingerprint density at radius 2 is 2.05 bits per heavy atom. The molecule has 0 atom stereocenters. The molecule has 0 saturated carbocycles. The lowest BCUT2D eigenvalue weighted by atomic mass is 10.1. The summed E-state index contributed by atoms with van der Waals surface area (Å²) in [5.41, 5.74) is 2.56. The molecule has 2 aromatic heterocycles. The number of ether oxygens (including phenoxy) is 1. The van der Waals surface area contributed by atoms with Gasteiger partial charge in [0, 0.05) is 29.9 Å². The Balaban J connectivity index is 2.15. The number of hydrogen-bond donors (Lipinski definition) is 3. The highest BCUT2D eigenvalue weighted by atomic mass is 16.5. The molecule has 2 aromatic rings. The molecular weight excluding hydrogens is 258 g/mol. The monoisotopic (exact) mass is 275 g/mol. The third-order valence-electron chi connectivity index (χ3n) is 3.02. The number of aliphatic hydroxyl groups is 1. The maximum absolute atomic E-state index is 10.0. The van der Waals surface area contributed by atoms with Gasteiger partial charge in [-0.2, -0.15) is 0 Å². The van der Waals surface area contributed by atoms with E-state index >= 15 is 0 Å². The lowest BCUT2D eigenvalue weighted by Gasteiger charge is -2.13. The first-order valence-corrected chi connectivity index (χ1v) is 6.16. The summed E-state index contributed by atoms with van der Waals surface area (Å²) in [4.78, 5) is 8.10. The summed E-state index contributed by atoms with van der Waals surface area (Å²) in [5.74, 6) is 0.639. The Kier molecular flexibility index (Phi) is 4.37. The molecule has 0 aliphatic heterocycles. The van der Waals surface area contributed by atoms with Gasteiger partial charge in [0.2, 0.25) is 5.88 Å². The number of nitrogens with zero attached hydrogens (tertiary/aromatic N) is 2. The summed E-state index contributed by atoms with van der Waals surface area (Å²) in [6.45, 7) is 1.92. The number of hydrogen-bond acceptors (Lipinski definition) is 6. The van der Waals surface area contributed by atoms with Gasteiger partial charge in [-0.05, 0) is 13.0 Å². The van der Waals surface area contributed by atoms with E-state index in [2.05, 4.69) is 15.3 Å². The van der Waals surface area contributed by atoms with Gasteiger partial charge in [0.05, 0.1) is 31.3 Å². The zero-order chi connectivity index (χ0) is 14.5. The first-order chi connectivity index (χ1) is 9.65. The van der Waals surface area contributed by atoms with E-state index in [9.17, 15) is 10.2 Å². The predicted octanol–water partition coefficient (Wildman–Crippen LogP) is 1.60. The minimum atomic E-state index is -0.168. The van der Waals surface area contributed by atoms with Crippen molar-refractivity contribution in [3.63, 3.8) is 0 Å². The van der Waals surface area contributed by atoms with Gasteiger partial charge in [-0.25, -0.2) is 4.98 Å². The molecular formula is C14H17N3O3. The highest BCUT2D eigenvalue weighted by molar-refractivity contribution is 5.47. The molecule has 3 N–H and O–H groups in total. The molecule has 0 radical (unpaired) electrons. The fourth-order valence-corrected chi connectivity index (χ4v) is 1.81. The molecule has 6 nitrogen and oxygen atoms in total. The number of aromatic nitrogens is 2. The first kappa shape index (κ1) is 14.1. The summed E-state index contributed by atoms with van der Waals surface area (Å²) in [7, 11) is 1.56. The molecule has 0 unspecified atom stereocenters. The van der Waals surface area contributed by atoms with Crippen molar-refractivity contribution in [3.8, 4) is 11.6 Å². The largest absolute Gasteiger partial charge is 0.506 e. The number of nitrogens with one attached hydrogen (secondary N) is 1. The van der Waals surface area contributed by atoms with E-state index in [1.54, 1.807) is 32.5 Å². The van der Waals surface area contributed by atoms with Gasteiger partial charge < -0.3 is 20.3 Å². The van der Waals surface area contributed by atoms with Crippen molar-refractivity contribution < 1.29 is 14.9 Å². The standard InChI is InChI=1S/C14H17N3O3/c1-9-14(19)12(10(8-18)5-15-9)7-16-11-3-4-13(20-2)17-6-11/h3-6,16,18-19H,7-8H2,1-2H3. The molecule has 20 heavy (non-hydrogen) atoms. The normalized spacial score (nSPS) is 10.3. The molecule has 0 aliphatic rings. The highest BCUT2D eigenvalue weighted by Crippen LogP contribution is 2.25. The van der Waals surface area contributed by atoms with Gasteiger partial charge in [-0.15, -0.1) is 0 Å². The third-order valence-corrected chi connectivity index (χ3v) is 3.02. The third kappa shape index (κ3) is 2.97. The lowest BCUT2D eigenvalue weighted by molar-refractivity contribution is 0.279. The zero-order valence-corrected chi connectivity index (χ0v) is 11.4. The molecule has 0 bridgehead atoms. The zero-order valence-electron chi connectivity index (χ0n) is 11.4. The molecule has 2 heterocycles. The molecule has 0 spiro atoms. The quantitative estimate of drug-likeness (QED) is 0.768. The van der Waals surface area contributed by atoms with Crippen molar-refractivity contribution in [2.75, 3.05) is 12.4 Å². The number of aliphatic hydroxyl groups excluding tert-OH is 1. The predicted molar refractivity (Wildman–Crippen MR) is 74.7 cm³/mol. The Morgan fingerprint density at radius 3 is 2.65 bits per heavy atom. The van der Waals surface area contributed by atoms with Crippen LogP contribution in [0.4, 0.5) is 5.69 Å². The molecule has 0 aromatic carbocycles. The van der Waals surface area contributed by atoms with Crippen molar-refractivity contribution in [3.05, 3.63) is 41.3 Å². The van der Waals surface area contributed by atoms with Crippen molar-refractivity contribution in [2.45, 2.75) is 20.1 Å². The van der Waals surface area contributed by atoms with E-state index in [1.807, 2.05) is 6.07 Å². The van der Waals surface area contributed by atoms with E-state index in [1.165, 1.54) is 0 Å². The van der Waals surface area contributed by atoms with Crippen LogP contribution < -0.4 is 10.1 Å². The van der Waals surface area contributed by atoms with Crippen LogP contribution in [0.2, 0.25) is 0 Å². The second kappa shape index (κ2) is 6.21. The van der Waals surface area contributed by atoms with Crippen LogP contribution in [-0.4, -0.2) is 27.3 Å². The molecule has 0 saturated heterocycles. The van der Waals surface area contributed by atoms with Crippen LogP contribution in [0.1, 0.15) is 16.8 Å². The van der Waals surface area contributed by atoms with E-state index in [-0.39, 0.29) is 12.4 Å². The Labute approximate surface area is 117 Å². The number of pyridine rings is 2. The fraction of sp³-hybridized carbons (Fsp3) is 0.286. The molecule has 106 valence electrons. The minimum Gasteiger partial charge on any atom is -0.506 e. The molecule has 0 aliphatic carbocycles. The van der Waals surface area contributed by atoms with Gasteiger partial charge in [-0.1, -0.05) is 0 Å². The van der Waals surface area contributed by atoms with Gasteiger partial charge in [0.25, 0.3) is 0 Å². The van der Waals surface area contributed by atoms with E-state index in [0.717, 1.165) is 5.69 Å².